The monoisotopic (exact) mass is 319 g/mol. The van der Waals surface area contributed by atoms with Gasteiger partial charge in [0.1, 0.15) is 11.9 Å². The number of fused-ring (bicyclic) bond motifs is 1. The zero-order valence-electron chi connectivity index (χ0n) is 13.3. The average molecular weight is 319 g/mol. The zero-order valence-corrected chi connectivity index (χ0v) is 13.3. The summed E-state index contributed by atoms with van der Waals surface area (Å²) in [4.78, 5) is 31.1. The lowest BCUT2D eigenvalue weighted by atomic mass is 10.2. The van der Waals surface area contributed by atoms with E-state index < -0.39 is 6.04 Å². The van der Waals surface area contributed by atoms with Crippen LogP contribution in [0.3, 0.4) is 0 Å². The lowest BCUT2D eigenvalue weighted by molar-refractivity contribution is -0.139. The minimum atomic E-state index is -0.506. The van der Waals surface area contributed by atoms with Crippen LogP contribution in [0.4, 0.5) is 0 Å². The fraction of sp³-hybridized carbons (Fsp3) is 0.211. The second kappa shape index (κ2) is 5.60. The van der Waals surface area contributed by atoms with Gasteiger partial charge < -0.3 is 4.57 Å². The van der Waals surface area contributed by atoms with Crippen molar-refractivity contribution >= 4 is 22.8 Å². The first-order chi connectivity index (χ1) is 11.6. The highest BCUT2D eigenvalue weighted by atomic mass is 16.2. The maximum atomic E-state index is 12.9. The van der Waals surface area contributed by atoms with Crippen LogP contribution >= 0.6 is 0 Å². The Kier molecular flexibility index (Phi) is 3.41. The van der Waals surface area contributed by atoms with Crippen LogP contribution in [-0.4, -0.2) is 26.3 Å². The highest BCUT2D eigenvalue weighted by Crippen LogP contribution is 2.30. The maximum absolute atomic E-state index is 12.9. The molecule has 4 rings (SSSR count). The summed E-state index contributed by atoms with van der Waals surface area (Å²) < 4.78 is 1.89. The van der Waals surface area contributed by atoms with Crippen molar-refractivity contribution in [2.45, 2.75) is 25.9 Å². The van der Waals surface area contributed by atoms with E-state index in [0.717, 1.165) is 22.4 Å². The molecule has 1 aliphatic rings. The lowest BCUT2D eigenvalue weighted by Gasteiger charge is -2.16. The lowest BCUT2D eigenvalue weighted by Crippen LogP contribution is -2.31. The molecular weight excluding hydrogens is 302 g/mol. The van der Waals surface area contributed by atoms with Gasteiger partial charge in [-0.15, -0.1) is 0 Å². The van der Waals surface area contributed by atoms with Gasteiger partial charge in [-0.05, 0) is 24.6 Å². The molecule has 1 saturated heterocycles. The van der Waals surface area contributed by atoms with Crippen LogP contribution in [0.25, 0.3) is 11.0 Å². The molecule has 2 amide bonds. The van der Waals surface area contributed by atoms with Gasteiger partial charge in [-0.1, -0.05) is 42.5 Å². The first-order valence-corrected chi connectivity index (χ1v) is 7.97. The molecule has 0 aliphatic carbocycles. The molecule has 0 N–H and O–H groups in total. The molecule has 5 nitrogen and oxygen atoms in total. The molecular formula is C19H17N3O2. The third kappa shape index (κ3) is 2.29. The summed E-state index contributed by atoms with van der Waals surface area (Å²) in [5.41, 5.74) is 2.69. The molecule has 2 heterocycles. The van der Waals surface area contributed by atoms with Crippen molar-refractivity contribution in [3.05, 3.63) is 66.0 Å². The second-order valence-corrected chi connectivity index (χ2v) is 6.04. The molecule has 24 heavy (non-hydrogen) atoms. The SMILES string of the molecule is Cc1nc2ccccc2n1[C@H]1CC(=O)N(Cc2ccccc2)C1=O. The van der Waals surface area contributed by atoms with Gasteiger partial charge in [0.2, 0.25) is 5.91 Å². The molecule has 0 bridgehead atoms. The number of amides is 2. The molecule has 1 aromatic heterocycles. The van der Waals surface area contributed by atoms with E-state index in [1.165, 1.54) is 4.90 Å². The predicted octanol–water partition coefficient (Wildman–Crippen LogP) is 2.84. The number of hydrogen-bond acceptors (Lipinski definition) is 3. The van der Waals surface area contributed by atoms with E-state index in [-0.39, 0.29) is 18.2 Å². The number of aryl methyl sites for hydroxylation is 1. The van der Waals surface area contributed by atoms with Gasteiger partial charge in [0.05, 0.1) is 24.0 Å². The van der Waals surface area contributed by atoms with Crippen molar-refractivity contribution in [3.63, 3.8) is 0 Å². The fourth-order valence-corrected chi connectivity index (χ4v) is 3.36. The first-order valence-electron chi connectivity index (χ1n) is 7.97. The third-order valence-electron chi connectivity index (χ3n) is 4.49. The Morgan fingerprint density at radius 3 is 2.54 bits per heavy atom. The van der Waals surface area contributed by atoms with Crippen molar-refractivity contribution in [2.75, 3.05) is 0 Å². The van der Waals surface area contributed by atoms with Gasteiger partial charge in [-0.25, -0.2) is 4.98 Å². The van der Waals surface area contributed by atoms with Crippen LogP contribution in [0.1, 0.15) is 23.9 Å². The molecule has 0 unspecified atom stereocenters. The highest BCUT2D eigenvalue weighted by molar-refractivity contribution is 6.05. The molecule has 120 valence electrons. The summed E-state index contributed by atoms with van der Waals surface area (Å²) in [5.74, 6) is 0.463. The molecule has 2 aromatic carbocycles. The molecule has 1 aliphatic heterocycles. The number of imidazole rings is 1. The number of hydrogen-bond donors (Lipinski definition) is 0. The number of nitrogens with zero attached hydrogens (tertiary/aromatic N) is 3. The third-order valence-corrected chi connectivity index (χ3v) is 4.49. The van der Waals surface area contributed by atoms with E-state index in [1.54, 1.807) is 0 Å². The second-order valence-electron chi connectivity index (χ2n) is 6.04. The van der Waals surface area contributed by atoms with Crippen LogP contribution in [0, 0.1) is 6.92 Å². The van der Waals surface area contributed by atoms with E-state index in [0.29, 0.717) is 6.54 Å². The maximum Gasteiger partial charge on any atom is 0.253 e. The Hall–Kier alpha value is -2.95. The van der Waals surface area contributed by atoms with E-state index in [1.807, 2.05) is 66.1 Å². The largest absolute Gasteiger partial charge is 0.315 e. The highest BCUT2D eigenvalue weighted by Gasteiger charge is 2.40. The molecule has 3 aromatic rings. The van der Waals surface area contributed by atoms with Gasteiger partial charge in [0.15, 0.2) is 0 Å². The molecule has 1 atom stereocenters. The summed E-state index contributed by atoms with van der Waals surface area (Å²) in [6.07, 6.45) is 0.187. The van der Waals surface area contributed by atoms with Crippen molar-refractivity contribution in [3.8, 4) is 0 Å². The van der Waals surface area contributed by atoms with Gasteiger partial charge in [-0.2, -0.15) is 0 Å². The van der Waals surface area contributed by atoms with Crippen molar-refractivity contribution in [2.24, 2.45) is 0 Å². The Morgan fingerprint density at radius 2 is 1.75 bits per heavy atom. The zero-order chi connectivity index (χ0) is 16.7. The molecule has 0 spiro atoms. The van der Waals surface area contributed by atoms with Crippen molar-refractivity contribution in [1.29, 1.82) is 0 Å². The Balaban J connectivity index is 1.69. The quantitative estimate of drug-likeness (QED) is 0.698. The Bertz CT molecular complexity index is 930. The van der Waals surface area contributed by atoms with E-state index in [4.69, 9.17) is 0 Å². The Labute approximate surface area is 139 Å². The van der Waals surface area contributed by atoms with Gasteiger partial charge in [-0.3, -0.25) is 14.5 Å². The fourth-order valence-electron chi connectivity index (χ4n) is 3.36. The number of imide groups is 1. The summed E-state index contributed by atoms with van der Waals surface area (Å²) in [7, 11) is 0. The number of benzene rings is 2. The number of carbonyl (C=O) groups excluding carboxylic acids is 2. The number of aromatic nitrogens is 2. The van der Waals surface area contributed by atoms with Gasteiger partial charge >= 0.3 is 0 Å². The van der Waals surface area contributed by atoms with E-state index in [9.17, 15) is 9.59 Å². The average Bonchev–Trinajstić information content (AvgIpc) is 3.06. The van der Waals surface area contributed by atoms with E-state index in [2.05, 4.69) is 4.98 Å². The van der Waals surface area contributed by atoms with Crippen LogP contribution < -0.4 is 0 Å². The van der Waals surface area contributed by atoms with Crippen LogP contribution in [0.5, 0.6) is 0 Å². The first kappa shape index (κ1) is 14.6. The number of para-hydroxylation sites is 2. The van der Waals surface area contributed by atoms with Crippen molar-refractivity contribution in [1.82, 2.24) is 14.5 Å². The minimum Gasteiger partial charge on any atom is -0.315 e. The molecule has 5 heteroatoms. The summed E-state index contributed by atoms with van der Waals surface area (Å²) >= 11 is 0. The van der Waals surface area contributed by atoms with Crippen LogP contribution in [-0.2, 0) is 16.1 Å². The topological polar surface area (TPSA) is 55.2 Å². The van der Waals surface area contributed by atoms with Gasteiger partial charge in [0, 0.05) is 0 Å². The summed E-state index contributed by atoms with van der Waals surface area (Å²) in [6.45, 7) is 2.19. The molecule has 1 fully saturated rings. The predicted molar refractivity (Wildman–Crippen MR) is 90.1 cm³/mol. The van der Waals surface area contributed by atoms with Crippen molar-refractivity contribution < 1.29 is 9.59 Å². The number of rotatable bonds is 3. The van der Waals surface area contributed by atoms with E-state index >= 15 is 0 Å². The normalized spacial score (nSPS) is 17.9. The summed E-state index contributed by atoms with van der Waals surface area (Å²) in [6, 6.07) is 16.8. The van der Waals surface area contributed by atoms with Gasteiger partial charge in [0.25, 0.3) is 5.91 Å². The Morgan fingerprint density at radius 1 is 1.04 bits per heavy atom. The molecule has 0 radical (unpaired) electrons. The molecule has 0 saturated carbocycles. The van der Waals surface area contributed by atoms with Crippen LogP contribution in [0.15, 0.2) is 54.6 Å². The smallest absolute Gasteiger partial charge is 0.253 e. The van der Waals surface area contributed by atoms with Crippen LogP contribution in [0.2, 0.25) is 0 Å². The summed E-state index contributed by atoms with van der Waals surface area (Å²) in [5, 5.41) is 0. The number of carbonyl (C=O) groups is 2. The number of likely N-dealkylation sites (tertiary alicyclic amines) is 1. The standard InChI is InChI=1S/C19H17N3O2/c1-13-20-15-9-5-6-10-16(15)22(13)17-11-18(23)21(19(17)24)12-14-7-3-2-4-8-14/h2-10,17H,11-12H2,1H3/t17-/m0/s1. The minimum absolute atomic E-state index is 0.133.